The molecule has 9 heteroatoms. The van der Waals surface area contributed by atoms with Crippen LogP contribution in [0.3, 0.4) is 0 Å². The third-order valence-electron chi connectivity index (χ3n) is 3.89. The van der Waals surface area contributed by atoms with Crippen LogP contribution in [0.15, 0.2) is 59.5 Å². The number of amides is 1. The van der Waals surface area contributed by atoms with Gasteiger partial charge >= 0.3 is 5.97 Å². The number of sulfonamides is 1. The molecule has 0 heterocycles. The number of carbonyl (C=O) groups excluding carboxylic acids is 3. The zero-order valence-electron chi connectivity index (χ0n) is 16.0. The molecule has 0 aliphatic carbocycles. The molecule has 2 rings (SSSR count). The lowest BCUT2D eigenvalue weighted by Gasteiger charge is -2.14. The van der Waals surface area contributed by atoms with Crippen molar-refractivity contribution < 1.29 is 27.5 Å². The average molecular weight is 418 g/mol. The molecular formula is C20H22N2O6S. The molecule has 0 saturated carbocycles. The molecule has 2 aromatic carbocycles. The van der Waals surface area contributed by atoms with Crippen LogP contribution in [-0.4, -0.2) is 38.7 Å². The Bertz CT molecular complexity index is 989. The van der Waals surface area contributed by atoms with E-state index < -0.39 is 28.0 Å². The minimum absolute atomic E-state index is 0.0748. The molecule has 0 fully saturated rings. The fourth-order valence-electron chi connectivity index (χ4n) is 2.33. The Labute approximate surface area is 169 Å². The Kier molecular flexibility index (Phi) is 7.63. The highest BCUT2D eigenvalue weighted by molar-refractivity contribution is 7.89. The SMILES string of the molecule is CC(=O)c1cccc(S(=O)(=O)NCCC(=O)O[C@@H](C)C(=O)Nc2ccccc2)c1. The summed E-state index contributed by atoms with van der Waals surface area (Å²) in [7, 11) is -3.89. The van der Waals surface area contributed by atoms with Gasteiger partial charge in [-0.15, -0.1) is 0 Å². The summed E-state index contributed by atoms with van der Waals surface area (Å²) in [5.41, 5.74) is 0.839. The van der Waals surface area contributed by atoms with Gasteiger partial charge in [0.15, 0.2) is 11.9 Å². The second-order valence-corrected chi connectivity index (χ2v) is 7.99. The zero-order chi connectivity index (χ0) is 21.4. The van der Waals surface area contributed by atoms with Crippen LogP contribution in [0.1, 0.15) is 30.6 Å². The van der Waals surface area contributed by atoms with Gasteiger partial charge in [0.05, 0.1) is 11.3 Å². The van der Waals surface area contributed by atoms with E-state index in [1.807, 2.05) is 0 Å². The number of hydrogen-bond donors (Lipinski definition) is 2. The highest BCUT2D eigenvalue weighted by Crippen LogP contribution is 2.12. The van der Waals surface area contributed by atoms with Crippen LogP contribution >= 0.6 is 0 Å². The van der Waals surface area contributed by atoms with Crippen LogP contribution in [0.25, 0.3) is 0 Å². The molecule has 29 heavy (non-hydrogen) atoms. The van der Waals surface area contributed by atoms with Gasteiger partial charge < -0.3 is 10.1 Å². The van der Waals surface area contributed by atoms with E-state index in [0.717, 1.165) is 0 Å². The second-order valence-electron chi connectivity index (χ2n) is 6.22. The van der Waals surface area contributed by atoms with Gasteiger partial charge in [-0.3, -0.25) is 14.4 Å². The van der Waals surface area contributed by atoms with E-state index in [1.54, 1.807) is 30.3 Å². The number of nitrogens with one attached hydrogen (secondary N) is 2. The third kappa shape index (κ3) is 6.81. The molecule has 154 valence electrons. The molecular weight excluding hydrogens is 396 g/mol. The van der Waals surface area contributed by atoms with Crippen molar-refractivity contribution in [3.63, 3.8) is 0 Å². The molecule has 2 N–H and O–H groups in total. The average Bonchev–Trinajstić information content (AvgIpc) is 2.68. The predicted octanol–water partition coefficient (Wildman–Crippen LogP) is 2.13. The quantitative estimate of drug-likeness (QED) is 0.476. The van der Waals surface area contributed by atoms with Gasteiger partial charge in [-0.05, 0) is 38.1 Å². The van der Waals surface area contributed by atoms with E-state index in [-0.39, 0.29) is 29.2 Å². The molecule has 0 aliphatic rings. The second kappa shape index (κ2) is 9.94. The fraction of sp³-hybridized carbons (Fsp3) is 0.250. The van der Waals surface area contributed by atoms with Crippen molar-refractivity contribution in [1.82, 2.24) is 4.72 Å². The monoisotopic (exact) mass is 418 g/mol. The van der Waals surface area contributed by atoms with Gasteiger partial charge in [0.1, 0.15) is 0 Å². The lowest BCUT2D eigenvalue weighted by Crippen LogP contribution is -2.32. The van der Waals surface area contributed by atoms with Crippen molar-refractivity contribution in [3.8, 4) is 0 Å². The molecule has 2 aromatic rings. The first-order chi connectivity index (χ1) is 13.7. The van der Waals surface area contributed by atoms with Crippen molar-refractivity contribution in [2.75, 3.05) is 11.9 Å². The van der Waals surface area contributed by atoms with E-state index in [4.69, 9.17) is 4.74 Å². The molecule has 1 amide bonds. The highest BCUT2D eigenvalue weighted by atomic mass is 32.2. The first-order valence-corrected chi connectivity index (χ1v) is 10.3. The van der Waals surface area contributed by atoms with Crippen molar-refractivity contribution in [3.05, 3.63) is 60.2 Å². The van der Waals surface area contributed by atoms with Gasteiger partial charge in [0.2, 0.25) is 10.0 Å². The fourth-order valence-corrected chi connectivity index (χ4v) is 3.41. The lowest BCUT2D eigenvalue weighted by atomic mass is 10.2. The van der Waals surface area contributed by atoms with Crippen LogP contribution < -0.4 is 10.0 Å². The summed E-state index contributed by atoms with van der Waals surface area (Å²) in [5.74, 6) is -1.47. The third-order valence-corrected chi connectivity index (χ3v) is 5.35. The number of ketones is 1. The number of benzene rings is 2. The smallest absolute Gasteiger partial charge is 0.307 e. The van der Waals surface area contributed by atoms with Crippen molar-refractivity contribution in [2.45, 2.75) is 31.3 Å². The number of carbonyl (C=O) groups is 3. The summed E-state index contributed by atoms with van der Waals surface area (Å²) < 4.78 is 31.9. The molecule has 0 aromatic heterocycles. The normalized spacial score (nSPS) is 12.1. The number of Topliss-reactive ketones (excluding diaryl/α,β-unsaturated/α-hetero) is 1. The van der Waals surface area contributed by atoms with E-state index in [0.29, 0.717) is 5.69 Å². The topological polar surface area (TPSA) is 119 Å². The Hall–Kier alpha value is -3.04. The predicted molar refractivity (Wildman–Crippen MR) is 107 cm³/mol. The van der Waals surface area contributed by atoms with Gasteiger partial charge in [0, 0.05) is 17.8 Å². The molecule has 1 atom stereocenters. The maximum absolute atomic E-state index is 12.3. The lowest BCUT2D eigenvalue weighted by molar-refractivity contribution is -0.152. The maximum Gasteiger partial charge on any atom is 0.307 e. The van der Waals surface area contributed by atoms with Gasteiger partial charge in [0.25, 0.3) is 5.91 Å². The summed E-state index contributed by atoms with van der Waals surface area (Å²) in [6, 6.07) is 14.3. The van der Waals surface area contributed by atoms with Crippen LogP contribution in [0.4, 0.5) is 5.69 Å². The Morgan fingerprint density at radius 1 is 1.03 bits per heavy atom. The zero-order valence-corrected chi connectivity index (χ0v) is 16.9. The number of esters is 1. The molecule has 0 saturated heterocycles. The molecule has 0 unspecified atom stereocenters. The Morgan fingerprint density at radius 2 is 1.72 bits per heavy atom. The number of anilines is 1. The number of rotatable bonds is 9. The minimum atomic E-state index is -3.89. The molecule has 0 radical (unpaired) electrons. The van der Waals surface area contributed by atoms with E-state index in [2.05, 4.69) is 10.0 Å². The molecule has 8 nitrogen and oxygen atoms in total. The van der Waals surface area contributed by atoms with E-state index in [1.165, 1.54) is 38.1 Å². The number of hydrogen-bond acceptors (Lipinski definition) is 6. The number of para-hydroxylation sites is 1. The van der Waals surface area contributed by atoms with Gasteiger partial charge in [-0.25, -0.2) is 13.1 Å². The van der Waals surface area contributed by atoms with Crippen LogP contribution in [-0.2, 0) is 24.3 Å². The van der Waals surface area contributed by atoms with E-state index in [9.17, 15) is 22.8 Å². The van der Waals surface area contributed by atoms with Gasteiger partial charge in [-0.2, -0.15) is 0 Å². The minimum Gasteiger partial charge on any atom is -0.452 e. The Balaban J connectivity index is 1.83. The molecule has 0 spiro atoms. The van der Waals surface area contributed by atoms with Crippen LogP contribution in [0, 0.1) is 0 Å². The summed E-state index contributed by atoms with van der Waals surface area (Å²) in [5, 5.41) is 2.61. The Morgan fingerprint density at radius 3 is 2.38 bits per heavy atom. The largest absolute Gasteiger partial charge is 0.452 e. The van der Waals surface area contributed by atoms with Crippen molar-refractivity contribution in [1.29, 1.82) is 0 Å². The van der Waals surface area contributed by atoms with Crippen LogP contribution in [0.5, 0.6) is 0 Å². The summed E-state index contributed by atoms with van der Waals surface area (Å²) in [4.78, 5) is 35.2. The first-order valence-electron chi connectivity index (χ1n) is 8.85. The maximum atomic E-state index is 12.3. The summed E-state index contributed by atoms with van der Waals surface area (Å²) >= 11 is 0. The molecule has 0 aliphatic heterocycles. The van der Waals surface area contributed by atoms with Crippen LogP contribution in [0.2, 0.25) is 0 Å². The number of ether oxygens (including phenoxy) is 1. The molecule has 0 bridgehead atoms. The van der Waals surface area contributed by atoms with Gasteiger partial charge in [-0.1, -0.05) is 30.3 Å². The van der Waals surface area contributed by atoms with Crippen molar-refractivity contribution >= 4 is 33.4 Å². The first kappa shape index (κ1) is 22.3. The summed E-state index contributed by atoms with van der Waals surface area (Å²) in [6.45, 7) is 2.55. The summed E-state index contributed by atoms with van der Waals surface area (Å²) in [6.07, 6.45) is -1.29. The standard InChI is InChI=1S/C20H22N2O6S/c1-14(23)16-7-6-10-18(13-16)29(26,27)21-12-11-19(24)28-15(2)20(25)22-17-8-4-3-5-9-17/h3-10,13,15,21H,11-12H2,1-2H3,(H,22,25)/t15-/m0/s1. The van der Waals surface area contributed by atoms with E-state index >= 15 is 0 Å². The highest BCUT2D eigenvalue weighted by Gasteiger charge is 2.19. The van der Waals surface area contributed by atoms with Crippen molar-refractivity contribution in [2.24, 2.45) is 0 Å².